The molecule has 0 atom stereocenters. The molecular formula is C16H26N2O. The molecule has 0 aliphatic carbocycles. The van der Waals surface area contributed by atoms with E-state index in [1.807, 2.05) is 18.2 Å². The Morgan fingerprint density at radius 3 is 2.37 bits per heavy atom. The molecule has 0 radical (unpaired) electrons. The van der Waals surface area contributed by atoms with Crippen LogP contribution < -0.4 is 5.32 Å². The molecule has 1 aliphatic heterocycles. The van der Waals surface area contributed by atoms with Crippen LogP contribution >= 0.6 is 0 Å². The lowest BCUT2D eigenvalue weighted by molar-refractivity contribution is 0.111. The van der Waals surface area contributed by atoms with Crippen molar-refractivity contribution in [1.29, 1.82) is 0 Å². The van der Waals surface area contributed by atoms with E-state index in [0.29, 0.717) is 5.92 Å². The van der Waals surface area contributed by atoms with Crippen LogP contribution in [0.25, 0.3) is 0 Å². The first kappa shape index (κ1) is 14.4. The number of piperidine rings is 1. The van der Waals surface area contributed by atoms with Crippen LogP contribution in [0, 0.1) is 5.92 Å². The van der Waals surface area contributed by atoms with Crippen molar-refractivity contribution in [1.82, 2.24) is 4.90 Å². The number of hydrogen-bond acceptors (Lipinski definition) is 3. The summed E-state index contributed by atoms with van der Waals surface area (Å²) in [5.74, 6) is 0.712. The molecule has 0 unspecified atom stereocenters. The van der Waals surface area contributed by atoms with Gasteiger partial charge < -0.3 is 15.3 Å². The van der Waals surface area contributed by atoms with Gasteiger partial charge in [0.25, 0.3) is 0 Å². The summed E-state index contributed by atoms with van der Waals surface area (Å²) >= 11 is 0. The SMILES string of the molecule is CC(C)CN1CCC(CO)(Nc2ccccc2)CC1. The molecule has 1 aromatic rings. The standard InChI is InChI=1S/C16H26N2O/c1-14(2)12-18-10-8-16(13-19,9-11-18)17-15-6-4-3-5-7-15/h3-7,14,17,19H,8-13H2,1-2H3. The number of rotatable bonds is 5. The van der Waals surface area contributed by atoms with Crippen LogP contribution in [0.3, 0.4) is 0 Å². The molecule has 1 aliphatic rings. The van der Waals surface area contributed by atoms with Crippen LogP contribution in [-0.2, 0) is 0 Å². The predicted molar refractivity (Wildman–Crippen MR) is 80.4 cm³/mol. The van der Waals surface area contributed by atoms with Crippen molar-refractivity contribution in [2.24, 2.45) is 5.92 Å². The van der Waals surface area contributed by atoms with Gasteiger partial charge in [0.1, 0.15) is 0 Å². The largest absolute Gasteiger partial charge is 0.394 e. The molecule has 106 valence electrons. The molecular weight excluding hydrogens is 236 g/mol. The summed E-state index contributed by atoms with van der Waals surface area (Å²) in [6.07, 6.45) is 2.01. The Bertz CT molecular complexity index is 370. The highest BCUT2D eigenvalue weighted by Gasteiger charge is 2.33. The van der Waals surface area contributed by atoms with Crippen molar-refractivity contribution in [3.05, 3.63) is 30.3 Å². The fourth-order valence-electron chi connectivity index (χ4n) is 2.83. The second-order valence-corrected chi connectivity index (χ2v) is 6.12. The van der Waals surface area contributed by atoms with Crippen molar-refractivity contribution < 1.29 is 5.11 Å². The molecule has 0 aromatic heterocycles. The topological polar surface area (TPSA) is 35.5 Å². The highest BCUT2D eigenvalue weighted by atomic mass is 16.3. The third-order valence-corrected chi connectivity index (χ3v) is 3.92. The summed E-state index contributed by atoms with van der Waals surface area (Å²) in [4.78, 5) is 2.51. The minimum atomic E-state index is -0.144. The third kappa shape index (κ3) is 3.95. The molecule has 2 N–H and O–H groups in total. The summed E-state index contributed by atoms with van der Waals surface area (Å²) in [6.45, 7) is 8.02. The van der Waals surface area contributed by atoms with Gasteiger partial charge in [0.15, 0.2) is 0 Å². The normalized spacial score (nSPS) is 19.6. The van der Waals surface area contributed by atoms with Gasteiger partial charge in [-0.2, -0.15) is 0 Å². The number of aliphatic hydroxyl groups is 1. The number of benzene rings is 1. The molecule has 2 rings (SSSR count). The molecule has 1 aromatic carbocycles. The van der Waals surface area contributed by atoms with E-state index in [9.17, 15) is 5.11 Å². The van der Waals surface area contributed by atoms with E-state index in [1.165, 1.54) is 0 Å². The van der Waals surface area contributed by atoms with Gasteiger partial charge in [0.2, 0.25) is 0 Å². The Morgan fingerprint density at radius 1 is 1.21 bits per heavy atom. The highest BCUT2D eigenvalue weighted by Crippen LogP contribution is 2.27. The molecule has 1 heterocycles. The van der Waals surface area contributed by atoms with E-state index in [1.54, 1.807) is 0 Å². The summed E-state index contributed by atoms with van der Waals surface area (Å²) in [7, 11) is 0. The molecule has 3 nitrogen and oxygen atoms in total. The van der Waals surface area contributed by atoms with Crippen molar-refractivity contribution >= 4 is 5.69 Å². The monoisotopic (exact) mass is 262 g/mol. The first-order valence-corrected chi connectivity index (χ1v) is 7.30. The first-order chi connectivity index (χ1) is 9.13. The lowest BCUT2D eigenvalue weighted by Crippen LogP contribution is -2.52. The number of hydrogen-bond donors (Lipinski definition) is 2. The van der Waals surface area contributed by atoms with Crippen molar-refractivity contribution in [3.8, 4) is 0 Å². The van der Waals surface area contributed by atoms with Crippen LogP contribution in [0.1, 0.15) is 26.7 Å². The van der Waals surface area contributed by atoms with Crippen LogP contribution in [-0.4, -0.2) is 41.8 Å². The summed E-state index contributed by atoms with van der Waals surface area (Å²) < 4.78 is 0. The summed E-state index contributed by atoms with van der Waals surface area (Å²) in [5.41, 5.74) is 0.961. The zero-order valence-electron chi connectivity index (χ0n) is 12.1. The molecule has 0 saturated carbocycles. The van der Waals surface area contributed by atoms with E-state index in [2.05, 4.69) is 36.2 Å². The Hall–Kier alpha value is -1.06. The van der Waals surface area contributed by atoms with Crippen molar-refractivity contribution in [2.75, 3.05) is 31.6 Å². The maximum atomic E-state index is 9.79. The van der Waals surface area contributed by atoms with Crippen LogP contribution in [0.2, 0.25) is 0 Å². The second-order valence-electron chi connectivity index (χ2n) is 6.12. The van der Waals surface area contributed by atoms with E-state index in [4.69, 9.17) is 0 Å². The van der Waals surface area contributed by atoms with Gasteiger partial charge in [0.05, 0.1) is 12.1 Å². The second kappa shape index (κ2) is 6.40. The first-order valence-electron chi connectivity index (χ1n) is 7.30. The number of aliphatic hydroxyl groups excluding tert-OH is 1. The van der Waals surface area contributed by atoms with Crippen LogP contribution in [0.15, 0.2) is 30.3 Å². The maximum Gasteiger partial charge on any atom is 0.0662 e. The third-order valence-electron chi connectivity index (χ3n) is 3.92. The average molecular weight is 262 g/mol. The van der Waals surface area contributed by atoms with Gasteiger partial charge in [-0.15, -0.1) is 0 Å². The lowest BCUT2D eigenvalue weighted by atomic mass is 9.87. The fourth-order valence-corrected chi connectivity index (χ4v) is 2.83. The summed E-state index contributed by atoms with van der Waals surface area (Å²) in [5, 5.41) is 13.3. The van der Waals surface area contributed by atoms with Crippen molar-refractivity contribution in [2.45, 2.75) is 32.2 Å². The molecule has 0 spiro atoms. The van der Waals surface area contributed by atoms with Crippen LogP contribution in [0.5, 0.6) is 0 Å². The molecule has 3 heteroatoms. The maximum absolute atomic E-state index is 9.79. The van der Waals surface area contributed by atoms with Gasteiger partial charge >= 0.3 is 0 Å². The van der Waals surface area contributed by atoms with Gasteiger partial charge in [-0.25, -0.2) is 0 Å². The van der Waals surface area contributed by atoms with Crippen LogP contribution in [0.4, 0.5) is 5.69 Å². The lowest BCUT2D eigenvalue weighted by Gasteiger charge is -2.42. The molecule has 0 amide bonds. The Labute approximate surface area is 116 Å². The predicted octanol–water partition coefficient (Wildman–Crippen LogP) is 2.58. The Balaban J connectivity index is 1.94. The fraction of sp³-hybridized carbons (Fsp3) is 0.625. The molecule has 1 fully saturated rings. The van der Waals surface area contributed by atoms with E-state index in [-0.39, 0.29) is 12.1 Å². The quantitative estimate of drug-likeness (QED) is 0.856. The summed E-state index contributed by atoms with van der Waals surface area (Å²) in [6, 6.07) is 10.2. The molecule has 0 bridgehead atoms. The van der Waals surface area contributed by atoms with Gasteiger partial charge in [0, 0.05) is 25.3 Å². The Morgan fingerprint density at radius 2 is 1.84 bits per heavy atom. The van der Waals surface area contributed by atoms with Crippen molar-refractivity contribution in [3.63, 3.8) is 0 Å². The van der Waals surface area contributed by atoms with Gasteiger partial charge in [-0.1, -0.05) is 32.0 Å². The molecule has 1 saturated heterocycles. The number of anilines is 1. The number of para-hydroxylation sites is 1. The number of nitrogens with one attached hydrogen (secondary N) is 1. The highest BCUT2D eigenvalue weighted by molar-refractivity contribution is 5.45. The number of likely N-dealkylation sites (tertiary alicyclic amines) is 1. The molecule has 19 heavy (non-hydrogen) atoms. The minimum Gasteiger partial charge on any atom is -0.394 e. The Kier molecular flexibility index (Phi) is 4.83. The zero-order valence-corrected chi connectivity index (χ0v) is 12.1. The van der Waals surface area contributed by atoms with Gasteiger partial charge in [-0.05, 0) is 30.9 Å². The minimum absolute atomic E-state index is 0.144. The number of nitrogens with zero attached hydrogens (tertiary/aromatic N) is 1. The smallest absolute Gasteiger partial charge is 0.0662 e. The van der Waals surface area contributed by atoms with E-state index < -0.39 is 0 Å². The van der Waals surface area contributed by atoms with Gasteiger partial charge in [-0.3, -0.25) is 0 Å². The zero-order chi connectivity index (χ0) is 13.7. The average Bonchev–Trinajstić information content (AvgIpc) is 2.42. The van der Waals surface area contributed by atoms with E-state index >= 15 is 0 Å². The van der Waals surface area contributed by atoms with E-state index in [0.717, 1.165) is 38.2 Å².